The molecule has 1 heterocycles. The molecule has 22 heavy (non-hydrogen) atoms. The molecular weight excluding hydrogens is 268 g/mol. The summed E-state index contributed by atoms with van der Waals surface area (Å²) >= 11 is 0. The van der Waals surface area contributed by atoms with Gasteiger partial charge in [0, 0.05) is 11.1 Å². The first-order valence-electron chi connectivity index (χ1n) is 7.53. The molecule has 0 bridgehead atoms. The topological polar surface area (TPSA) is 25.8 Å². The third-order valence-electron chi connectivity index (χ3n) is 4.67. The van der Waals surface area contributed by atoms with Gasteiger partial charge in [-0.15, -0.1) is 0 Å². The molecule has 2 heteroatoms. The van der Waals surface area contributed by atoms with Crippen LogP contribution in [-0.4, -0.2) is 9.97 Å². The first-order chi connectivity index (χ1) is 10.7. The summed E-state index contributed by atoms with van der Waals surface area (Å²) in [4.78, 5) is 9.58. The molecule has 0 saturated heterocycles. The van der Waals surface area contributed by atoms with Crippen molar-refractivity contribution in [3.05, 3.63) is 59.7 Å². The Labute approximate surface area is 128 Å². The van der Waals surface area contributed by atoms with Gasteiger partial charge in [0.15, 0.2) is 0 Å². The fourth-order valence-electron chi connectivity index (χ4n) is 3.28. The van der Waals surface area contributed by atoms with E-state index in [0.717, 1.165) is 22.4 Å². The van der Waals surface area contributed by atoms with Crippen molar-refractivity contribution < 1.29 is 0 Å². The molecule has 104 valence electrons. The average molecular weight is 282 g/mol. The molecule has 0 atom stereocenters. The summed E-state index contributed by atoms with van der Waals surface area (Å²) in [6, 6.07) is 17.1. The third kappa shape index (κ3) is 1.44. The summed E-state index contributed by atoms with van der Waals surface area (Å²) in [5, 5.41) is 2.56. The lowest BCUT2D eigenvalue weighted by atomic mass is 9.85. The van der Waals surface area contributed by atoms with Crippen molar-refractivity contribution in [2.75, 3.05) is 0 Å². The monoisotopic (exact) mass is 282 g/mol. The second-order valence-corrected chi connectivity index (χ2v) is 6.09. The van der Waals surface area contributed by atoms with Gasteiger partial charge in [0.25, 0.3) is 0 Å². The van der Waals surface area contributed by atoms with Gasteiger partial charge in [0.1, 0.15) is 0 Å². The Morgan fingerprint density at radius 3 is 1.55 bits per heavy atom. The summed E-state index contributed by atoms with van der Waals surface area (Å²) in [6.07, 6.45) is 0. The van der Waals surface area contributed by atoms with Crippen LogP contribution in [0.5, 0.6) is 0 Å². The molecule has 0 aliphatic heterocycles. The molecule has 0 unspecified atom stereocenters. The van der Waals surface area contributed by atoms with Gasteiger partial charge in [-0.2, -0.15) is 0 Å². The van der Waals surface area contributed by atoms with Gasteiger partial charge >= 0.3 is 0 Å². The number of nitrogens with zero attached hydrogens (tertiary/aromatic N) is 2. The number of hydrogen-bond donors (Lipinski definition) is 0. The Bertz CT molecular complexity index is 1010. The third-order valence-corrected chi connectivity index (χ3v) is 4.67. The minimum atomic E-state index is 0.965. The van der Waals surface area contributed by atoms with E-state index >= 15 is 0 Å². The molecule has 1 aliphatic rings. The maximum Gasteiger partial charge on any atom is 0.0980 e. The smallest absolute Gasteiger partial charge is 0.0980 e. The van der Waals surface area contributed by atoms with Gasteiger partial charge in [0.05, 0.1) is 22.4 Å². The average Bonchev–Trinajstić information content (AvgIpc) is 2.53. The molecule has 2 nitrogen and oxygen atoms in total. The first-order valence-corrected chi connectivity index (χ1v) is 7.53. The van der Waals surface area contributed by atoms with Gasteiger partial charge in [0.2, 0.25) is 0 Å². The second-order valence-electron chi connectivity index (χ2n) is 6.09. The Morgan fingerprint density at radius 1 is 0.636 bits per heavy atom. The van der Waals surface area contributed by atoms with E-state index in [1.807, 2.05) is 24.3 Å². The minimum Gasteiger partial charge on any atom is -0.244 e. The summed E-state index contributed by atoms with van der Waals surface area (Å²) < 4.78 is 0. The van der Waals surface area contributed by atoms with E-state index in [-0.39, 0.29) is 0 Å². The number of aryl methyl sites for hydroxylation is 2. The van der Waals surface area contributed by atoms with Crippen molar-refractivity contribution in [3.8, 4) is 22.5 Å². The predicted molar refractivity (Wildman–Crippen MR) is 90.9 cm³/mol. The molecular formula is C20H14N2. The van der Waals surface area contributed by atoms with E-state index in [4.69, 9.17) is 9.97 Å². The fraction of sp³-hybridized carbons (Fsp3) is 0.100. The molecule has 0 N–H and O–H groups in total. The SMILES string of the molecule is Cc1cc2cc3c(cc2cc1C)-c1nc2ccccc2nc1-3. The van der Waals surface area contributed by atoms with Gasteiger partial charge in [-0.3, -0.25) is 0 Å². The van der Waals surface area contributed by atoms with Gasteiger partial charge < -0.3 is 0 Å². The van der Waals surface area contributed by atoms with Crippen LogP contribution >= 0.6 is 0 Å². The van der Waals surface area contributed by atoms with E-state index in [9.17, 15) is 0 Å². The van der Waals surface area contributed by atoms with Crippen LogP contribution in [0.15, 0.2) is 48.5 Å². The van der Waals surface area contributed by atoms with Crippen LogP contribution in [0, 0.1) is 13.8 Å². The highest BCUT2D eigenvalue weighted by molar-refractivity contribution is 6.07. The summed E-state index contributed by atoms with van der Waals surface area (Å²) in [7, 11) is 0. The predicted octanol–water partition coefficient (Wildman–Crippen LogP) is 5.05. The van der Waals surface area contributed by atoms with Crippen molar-refractivity contribution in [3.63, 3.8) is 0 Å². The zero-order chi connectivity index (χ0) is 14.8. The highest BCUT2D eigenvalue weighted by Gasteiger charge is 2.26. The van der Waals surface area contributed by atoms with Crippen molar-refractivity contribution in [2.45, 2.75) is 13.8 Å². The Balaban J connectivity index is 1.81. The van der Waals surface area contributed by atoms with E-state index in [1.54, 1.807) is 0 Å². The van der Waals surface area contributed by atoms with Gasteiger partial charge in [-0.05, 0) is 60.0 Å². The van der Waals surface area contributed by atoms with Crippen molar-refractivity contribution in [1.29, 1.82) is 0 Å². The number of aromatic nitrogens is 2. The molecule has 1 aromatic heterocycles. The Kier molecular flexibility index (Phi) is 2.11. The Morgan fingerprint density at radius 2 is 1.09 bits per heavy atom. The molecule has 4 aromatic rings. The largest absolute Gasteiger partial charge is 0.244 e. The zero-order valence-corrected chi connectivity index (χ0v) is 12.5. The lowest BCUT2D eigenvalue weighted by Gasteiger charge is -2.23. The fourth-order valence-corrected chi connectivity index (χ4v) is 3.28. The molecule has 0 spiro atoms. The van der Waals surface area contributed by atoms with Crippen LogP contribution < -0.4 is 0 Å². The quantitative estimate of drug-likeness (QED) is 0.397. The van der Waals surface area contributed by atoms with Crippen molar-refractivity contribution in [1.82, 2.24) is 9.97 Å². The first kappa shape index (κ1) is 11.9. The summed E-state index contributed by atoms with van der Waals surface area (Å²) in [5.74, 6) is 0. The molecule has 1 aliphatic carbocycles. The highest BCUT2D eigenvalue weighted by atomic mass is 14.9. The maximum absolute atomic E-state index is 4.79. The molecule has 0 radical (unpaired) electrons. The normalized spacial score (nSPS) is 12.1. The summed E-state index contributed by atoms with van der Waals surface area (Å²) in [6.45, 7) is 4.32. The van der Waals surface area contributed by atoms with Crippen molar-refractivity contribution >= 4 is 21.8 Å². The van der Waals surface area contributed by atoms with Crippen LogP contribution in [0.3, 0.4) is 0 Å². The molecule has 0 amide bonds. The van der Waals surface area contributed by atoms with Crippen molar-refractivity contribution in [2.24, 2.45) is 0 Å². The highest BCUT2D eigenvalue weighted by Crippen LogP contribution is 2.47. The molecule has 0 fully saturated rings. The van der Waals surface area contributed by atoms with E-state index in [0.29, 0.717) is 0 Å². The molecule has 5 rings (SSSR count). The van der Waals surface area contributed by atoms with E-state index in [2.05, 4.69) is 38.1 Å². The summed E-state index contributed by atoms with van der Waals surface area (Å²) in [5.41, 5.74) is 9.11. The second kappa shape index (κ2) is 3.92. The molecule has 0 saturated carbocycles. The lowest BCUT2D eigenvalue weighted by molar-refractivity contribution is 1.26. The van der Waals surface area contributed by atoms with E-state index < -0.39 is 0 Å². The Hall–Kier alpha value is -2.74. The number of fused-ring (bicyclic) bond motifs is 6. The molecule has 3 aromatic carbocycles. The number of benzene rings is 3. The lowest BCUT2D eigenvalue weighted by Crippen LogP contribution is -2.05. The van der Waals surface area contributed by atoms with Gasteiger partial charge in [-0.1, -0.05) is 24.3 Å². The van der Waals surface area contributed by atoms with Crippen LogP contribution in [0.25, 0.3) is 44.3 Å². The zero-order valence-electron chi connectivity index (χ0n) is 12.5. The number of para-hydroxylation sites is 2. The maximum atomic E-state index is 4.79. The van der Waals surface area contributed by atoms with Crippen LogP contribution in [0.2, 0.25) is 0 Å². The van der Waals surface area contributed by atoms with Crippen LogP contribution in [0.1, 0.15) is 11.1 Å². The number of rotatable bonds is 0. The van der Waals surface area contributed by atoms with E-state index in [1.165, 1.54) is 33.0 Å². The van der Waals surface area contributed by atoms with Gasteiger partial charge in [-0.25, -0.2) is 9.97 Å². The minimum absolute atomic E-state index is 0.965. The standard InChI is InChI=1S/C20H14N2/c1-11-7-13-9-15-16(10-14(13)8-12(11)2)20-19(15)21-17-5-3-4-6-18(17)22-20/h3-10H,1-2H3. The van der Waals surface area contributed by atoms with Crippen LogP contribution in [-0.2, 0) is 0 Å². The van der Waals surface area contributed by atoms with Crippen LogP contribution in [0.4, 0.5) is 0 Å². The number of hydrogen-bond acceptors (Lipinski definition) is 2.